The molecule has 162 valence electrons. The van der Waals surface area contributed by atoms with Crippen LogP contribution in [0, 0.1) is 5.92 Å². The van der Waals surface area contributed by atoms with E-state index in [0.717, 1.165) is 30.5 Å². The first-order valence-electron chi connectivity index (χ1n) is 10.7. The molecule has 1 aromatic carbocycles. The number of esters is 1. The molecule has 1 saturated carbocycles. The number of fused-ring (bicyclic) bond motifs is 1. The van der Waals surface area contributed by atoms with Crippen molar-refractivity contribution in [1.29, 1.82) is 0 Å². The van der Waals surface area contributed by atoms with Crippen LogP contribution in [0.15, 0.2) is 34.5 Å². The Hall–Kier alpha value is -2.63. The number of hydrogen-bond acceptors (Lipinski definition) is 6. The predicted octanol–water partition coefficient (Wildman–Crippen LogP) is 4.62. The van der Waals surface area contributed by atoms with Crippen LogP contribution in [-0.4, -0.2) is 37.3 Å². The molecule has 2 atom stereocenters. The molecule has 1 fully saturated rings. The lowest BCUT2D eigenvalue weighted by atomic mass is 9.69. The van der Waals surface area contributed by atoms with Crippen LogP contribution in [0.2, 0.25) is 0 Å². The predicted molar refractivity (Wildman–Crippen MR) is 115 cm³/mol. The normalized spacial score (nSPS) is 21.3. The lowest BCUT2D eigenvalue weighted by Crippen LogP contribution is -2.39. The highest BCUT2D eigenvalue weighted by molar-refractivity contribution is 6.11. The van der Waals surface area contributed by atoms with Crippen LogP contribution in [-0.2, 0) is 14.3 Å². The molecule has 30 heavy (non-hydrogen) atoms. The standard InChI is InChI=1S/C24H31NO5/c1-6-12-29-19-11-10-16(13-20(19)28-5)22-21(24(27)30-14(2)3)15(4)25-17-8-7-9-18(26)23(17)22/h10-11,13-14,22-23H,6-9,12H2,1-5H3/t22-,23?/m0/s1. The Kier molecular flexibility index (Phi) is 6.95. The van der Waals surface area contributed by atoms with Crippen molar-refractivity contribution in [3.05, 3.63) is 35.0 Å². The monoisotopic (exact) mass is 413 g/mol. The van der Waals surface area contributed by atoms with Crippen LogP contribution in [0.25, 0.3) is 0 Å². The fraction of sp³-hybridized carbons (Fsp3) is 0.542. The smallest absolute Gasteiger partial charge is 0.336 e. The Labute approximate surface area is 178 Å². The van der Waals surface area contributed by atoms with Gasteiger partial charge >= 0.3 is 5.97 Å². The quantitative estimate of drug-likeness (QED) is 0.610. The minimum Gasteiger partial charge on any atom is -0.493 e. The summed E-state index contributed by atoms with van der Waals surface area (Å²) in [5.74, 6) is 0.0591. The van der Waals surface area contributed by atoms with E-state index in [1.807, 2.05) is 45.9 Å². The van der Waals surface area contributed by atoms with Gasteiger partial charge in [-0.3, -0.25) is 9.79 Å². The zero-order chi connectivity index (χ0) is 21.8. The van der Waals surface area contributed by atoms with Gasteiger partial charge in [0.2, 0.25) is 0 Å². The van der Waals surface area contributed by atoms with Gasteiger partial charge < -0.3 is 14.2 Å². The Balaban J connectivity index is 2.10. The van der Waals surface area contributed by atoms with Crippen LogP contribution in [0.4, 0.5) is 0 Å². The number of benzene rings is 1. The van der Waals surface area contributed by atoms with Gasteiger partial charge in [0.1, 0.15) is 5.78 Å². The number of aliphatic imine (C=N–C) groups is 1. The van der Waals surface area contributed by atoms with Gasteiger partial charge in [-0.25, -0.2) is 4.79 Å². The van der Waals surface area contributed by atoms with Crippen LogP contribution < -0.4 is 9.47 Å². The molecule has 0 saturated heterocycles. The summed E-state index contributed by atoms with van der Waals surface area (Å²) in [6.07, 6.45) is 2.70. The van der Waals surface area contributed by atoms with Gasteiger partial charge in [0, 0.05) is 23.7 Å². The number of hydrogen-bond donors (Lipinski definition) is 0. The second-order valence-electron chi connectivity index (χ2n) is 8.09. The molecule has 1 aliphatic carbocycles. The van der Waals surface area contributed by atoms with Gasteiger partial charge in [-0.05, 0) is 57.7 Å². The fourth-order valence-electron chi connectivity index (χ4n) is 4.23. The molecule has 0 amide bonds. The molecular weight excluding hydrogens is 382 g/mol. The van der Waals surface area contributed by atoms with Crippen molar-refractivity contribution in [2.45, 2.75) is 65.4 Å². The molecule has 2 aliphatic rings. The van der Waals surface area contributed by atoms with E-state index >= 15 is 0 Å². The van der Waals surface area contributed by atoms with E-state index in [0.29, 0.717) is 35.8 Å². The summed E-state index contributed by atoms with van der Waals surface area (Å²) >= 11 is 0. The fourth-order valence-corrected chi connectivity index (χ4v) is 4.23. The first-order valence-corrected chi connectivity index (χ1v) is 10.7. The molecule has 1 unspecified atom stereocenters. The largest absolute Gasteiger partial charge is 0.493 e. The highest BCUT2D eigenvalue weighted by atomic mass is 16.5. The average molecular weight is 414 g/mol. The zero-order valence-electron chi connectivity index (χ0n) is 18.5. The Morgan fingerprint density at radius 3 is 2.63 bits per heavy atom. The number of allylic oxidation sites excluding steroid dienone is 1. The zero-order valence-corrected chi connectivity index (χ0v) is 18.5. The van der Waals surface area contributed by atoms with E-state index in [1.54, 1.807) is 7.11 Å². The van der Waals surface area contributed by atoms with Crippen LogP contribution >= 0.6 is 0 Å². The number of nitrogens with zero attached hydrogens (tertiary/aromatic N) is 1. The lowest BCUT2D eigenvalue weighted by Gasteiger charge is -2.36. The van der Waals surface area contributed by atoms with Crippen LogP contribution in [0.1, 0.15) is 64.9 Å². The summed E-state index contributed by atoms with van der Waals surface area (Å²) in [5.41, 5.74) is 2.77. The minimum atomic E-state index is -0.440. The molecule has 0 bridgehead atoms. The maximum absolute atomic E-state index is 13.0. The number of Topliss-reactive ketones (excluding diaryl/α,β-unsaturated/α-hetero) is 1. The average Bonchev–Trinajstić information content (AvgIpc) is 2.70. The first kappa shape index (κ1) is 22.1. The third-order valence-electron chi connectivity index (χ3n) is 5.48. The summed E-state index contributed by atoms with van der Waals surface area (Å²) < 4.78 is 16.9. The molecule has 0 spiro atoms. The van der Waals surface area contributed by atoms with E-state index in [9.17, 15) is 9.59 Å². The third kappa shape index (κ3) is 4.42. The van der Waals surface area contributed by atoms with Gasteiger partial charge in [-0.2, -0.15) is 0 Å². The van der Waals surface area contributed by atoms with E-state index < -0.39 is 17.8 Å². The Bertz CT molecular complexity index is 884. The molecular formula is C24H31NO5. The molecule has 6 nitrogen and oxygen atoms in total. The summed E-state index contributed by atoms with van der Waals surface area (Å²) in [6.45, 7) is 8.08. The van der Waals surface area contributed by atoms with E-state index in [4.69, 9.17) is 14.2 Å². The minimum absolute atomic E-state index is 0.123. The van der Waals surface area contributed by atoms with E-state index in [-0.39, 0.29) is 11.9 Å². The maximum atomic E-state index is 13.0. The lowest BCUT2D eigenvalue weighted by molar-refractivity contribution is -0.143. The number of rotatable bonds is 7. The molecule has 6 heteroatoms. The molecule has 0 N–H and O–H groups in total. The summed E-state index contributed by atoms with van der Waals surface area (Å²) in [7, 11) is 1.59. The SMILES string of the molecule is CCCOc1ccc([C@H]2C(C(=O)OC(C)C)=C(C)N=C3CCCC(=O)C32)cc1OC. The van der Waals surface area contributed by atoms with Crippen molar-refractivity contribution in [3.8, 4) is 11.5 Å². The van der Waals surface area contributed by atoms with Crippen LogP contribution in [0.3, 0.4) is 0 Å². The van der Waals surface area contributed by atoms with Gasteiger partial charge in [0.05, 0.1) is 31.3 Å². The van der Waals surface area contributed by atoms with Crippen molar-refractivity contribution >= 4 is 17.5 Å². The van der Waals surface area contributed by atoms with Crippen LogP contribution in [0.5, 0.6) is 11.5 Å². The Morgan fingerprint density at radius 1 is 1.20 bits per heavy atom. The van der Waals surface area contributed by atoms with Crippen molar-refractivity contribution in [2.24, 2.45) is 10.9 Å². The second-order valence-corrected chi connectivity index (χ2v) is 8.09. The first-order chi connectivity index (χ1) is 14.4. The number of methoxy groups -OCH3 is 1. The van der Waals surface area contributed by atoms with Crippen molar-refractivity contribution in [3.63, 3.8) is 0 Å². The number of ketones is 1. The summed E-state index contributed by atoms with van der Waals surface area (Å²) in [4.78, 5) is 30.7. The number of ether oxygens (including phenoxy) is 3. The Morgan fingerprint density at radius 2 is 1.97 bits per heavy atom. The summed E-state index contributed by atoms with van der Waals surface area (Å²) in [5, 5.41) is 0. The van der Waals surface area contributed by atoms with Gasteiger partial charge in [-0.15, -0.1) is 0 Å². The molecule has 1 aromatic rings. The van der Waals surface area contributed by atoms with Crippen molar-refractivity contribution in [2.75, 3.05) is 13.7 Å². The van der Waals surface area contributed by atoms with Gasteiger partial charge in [-0.1, -0.05) is 13.0 Å². The maximum Gasteiger partial charge on any atom is 0.336 e. The number of carbonyl (C=O) groups excluding carboxylic acids is 2. The molecule has 1 aliphatic heterocycles. The third-order valence-corrected chi connectivity index (χ3v) is 5.48. The van der Waals surface area contributed by atoms with E-state index in [2.05, 4.69) is 4.99 Å². The molecule has 0 aromatic heterocycles. The highest BCUT2D eigenvalue weighted by Gasteiger charge is 2.44. The topological polar surface area (TPSA) is 74.2 Å². The van der Waals surface area contributed by atoms with Gasteiger partial charge in [0.25, 0.3) is 0 Å². The second kappa shape index (κ2) is 9.45. The van der Waals surface area contributed by atoms with Crippen molar-refractivity contribution < 1.29 is 23.8 Å². The highest BCUT2D eigenvalue weighted by Crippen LogP contribution is 2.45. The molecule has 3 rings (SSSR count). The molecule has 0 radical (unpaired) electrons. The van der Waals surface area contributed by atoms with E-state index in [1.165, 1.54) is 0 Å². The molecule has 1 heterocycles. The van der Waals surface area contributed by atoms with Crippen molar-refractivity contribution in [1.82, 2.24) is 0 Å². The van der Waals surface area contributed by atoms with Gasteiger partial charge in [0.15, 0.2) is 11.5 Å². The number of carbonyl (C=O) groups is 2. The summed E-state index contributed by atoms with van der Waals surface area (Å²) in [6, 6.07) is 5.64.